The van der Waals surface area contributed by atoms with Gasteiger partial charge in [0.05, 0.1) is 11.2 Å². The summed E-state index contributed by atoms with van der Waals surface area (Å²) in [6, 6.07) is 8.95. The van der Waals surface area contributed by atoms with E-state index in [0.29, 0.717) is 6.54 Å². The quantitative estimate of drug-likeness (QED) is 0.687. The van der Waals surface area contributed by atoms with Crippen LogP contribution in [-0.4, -0.2) is 10.1 Å². The Morgan fingerprint density at radius 2 is 2.00 bits per heavy atom. The zero-order valence-corrected chi connectivity index (χ0v) is 7.07. The van der Waals surface area contributed by atoms with Crippen LogP contribution in [-0.2, 0) is 6.54 Å². The molecule has 0 fully saturated rings. The van der Waals surface area contributed by atoms with Crippen molar-refractivity contribution >= 4 is 10.9 Å². The Bertz CT molecular complexity index is 440. The molecule has 0 spiro atoms. The highest BCUT2D eigenvalue weighted by Gasteiger charge is 1.97. The van der Waals surface area contributed by atoms with E-state index in [4.69, 9.17) is 5.73 Å². The Morgan fingerprint density at radius 1 is 1.23 bits per heavy atom. The molecule has 0 saturated heterocycles. The van der Waals surface area contributed by atoms with Gasteiger partial charge >= 0.3 is 0 Å². The minimum absolute atomic E-state index is 0.231. The van der Waals surface area contributed by atoms with Crippen molar-refractivity contribution in [1.82, 2.24) is 4.98 Å². The monoisotopic (exact) mass is 174 g/mol. The summed E-state index contributed by atoms with van der Waals surface area (Å²) in [5.74, 6) is 0.231. The van der Waals surface area contributed by atoms with Crippen LogP contribution < -0.4 is 5.73 Å². The minimum atomic E-state index is 0.231. The molecule has 0 aliphatic heterocycles. The van der Waals surface area contributed by atoms with Crippen molar-refractivity contribution < 1.29 is 5.11 Å². The Morgan fingerprint density at radius 3 is 2.77 bits per heavy atom. The van der Waals surface area contributed by atoms with Gasteiger partial charge in [-0.15, -0.1) is 0 Å². The van der Waals surface area contributed by atoms with E-state index in [0.717, 1.165) is 16.6 Å². The van der Waals surface area contributed by atoms with Gasteiger partial charge in [-0.1, -0.05) is 6.07 Å². The van der Waals surface area contributed by atoms with Crippen molar-refractivity contribution in [3.8, 4) is 5.75 Å². The SMILES string of the molecule is NCc1ccc2ccc(O)cc2n1. The lowest BCUT2D eigenvalue weighted by Gasteiger charge is -2.00. The number of phenolic OH excluding ortho intramolecular Hbond substituents is 1. The van der Waals surface area contributed by atoms with E-state index in [9.17, 15) is 5.11 Å². The Balaban J connectivity index is 2.68. The Labute approximate surface area is 75.8 Å². The molecule has 66 valence electrons. The molecule has 2 aromatic rings. The van der Waals surface area contributed by atoms with E-state index in [2.05, 4.69) is 4.98 Å². The third-order valence-electron chi connectivity index (χ3n) is 1.94. The summed E-state index contributed by atoms with van der Waals surface area (Å²) < 4.78 is 0. The van der Waals surface area contributed by atoms with Crippen LogP contribution in [0.25, 0.3) is 10.9 Å². The molecule has 0 aliphatic rings. The van der Waals surface area contributed by atoms with Crippen LogP contribution in [0.3, 0.4) is 0 Å². The summed E-state index contributed by atoms with van der Waals surface area (Å²) in [5.41, 5.74) is 7.07. The van der Waals surface area contributed by atoms with E-state index in [1.165, 1.54) is 0 Å². The van der Waals surface area contributed by atoms with Crippen molar-refractivity contribution in [3.63, 3.8) is 0 Å². The third kappa shape index (κ3) is 1.46. The van der Waals surface area contributed by atoms with Gasteiger partial charge in [-0.25, -0.2) is 0 Å². The fraction of sp³-hybridized carbons (Fsp3) is 0.100. The largest absolute Gasteiger partial charge is 0.508 e. The van der Waals surface area contributed by atoms with E-state index in [1.807, 2.05) is 18.2 Å². The van der Waals surface area contributed by atoms with E-state index in [1.54, 1.807) is 12.1 Å². The molecule has 0 radical (unpaired) electrons. The zero-order chi connectivity index (χ0) is 9.26. The molecule has 3 nitrogen and oxygen atoms in total. The maximum absolute atomic E-state index is 9.22. The lowest BCUT2D eigenvalue weighted by molar-refractivity contribution is 0.476. The van der Waals surface area contributed by atoms with Crippen LogP contribution in [0.1, 0.15) is 5.69 Å². The highest BCUT2D eigenvalue weighted by atomic mass is 16.3. The summed E-state index contributed by atoms with van der Waals surface area (Å²) in [6.45, 7) is 0.422. The van der Waals surface area contributed by atoms with Gasteiger partial charge in [-0.3, -0.25) is 4.98 Å². The molecule has 3 heteroatoms. The van der Waals surface area contributed by atoms with Gasteiger partial charge in [-0.05, 0) is 18.2 Å². The van der Waals surface area contributed by atoms with E-state index >= 15 is 0 Å². The van der Waals surface area contributed by atoms with Gasteiger partial charge in [0, 0.05) is 18.0 Å². The van der Waals surface area contributed by atoms with E-state index in [-0.39, 0.29) is 5.75 Å². The van der Waals surface area contributed by atoms with Crippen molar-refractivity contribution in [3.05, 3.63) is 36.0 Å². The molecule has 0 unspecified atom stereocenters. The summed E-state index contributed by atoms with van der Waals surface area (Å²) in [6.07, 6.45) is 0. The molecule has 2 rings (SSSR count). The number of fused-ring (bicyclic) bond motifs is 1. The van der Waals surface area contributed by atoms with E-state index < -0.39 is 0 Å². The minimum Gasteiger partial charge on any atom is -0.508 e. The Kier molecular flexibility index (Phi) is 1.87. The number of hydrogen-bond donors (Lipinski definition) is 2. The first-order chi connectivity index (χ1) is 6.29. The first kappa shape index (κ1) is 8.01. The number of nitrogens with two attached hydrogens (primary N) is 1. The third-order valence-corrected chi connectivity index (χ3v) is 1.94. The van der Waals surface area contributed by atoms with Crippen molar-refractivity contribution in [2.45, 2.75) is 6.54 Å². The molecule has 0 bridgehead atoms. The topological polar surface area (TPSA) is 59.1 Å². The number of aromatic nitrogens is 1. The molecular formula is C10H10N2O. The normalized spacial score (nSPS) is 10.5. The molecule has 0 aliphatic carbocycles. The number of phenols is 1. The maximum atomic E-state index is 9.22. The molecule has 0 atom stereocenters. The number of pyridine rings is 1. The average Bonchev–Trinajstić information content (AvgIpc) is 2.16. The fourth-order valence-corrected chi connectivity index (χ4v) is 1.26. The highest BCUT2D eigenvalue weighted by molar-refractivity contribution is 5.79. The number of hydrogen-bond acceptors (Lipinski definition) is 3. The van der Waals surface area contributed by atoms with Gasteiger partial charge in [0.15, 0.2) is 0 Å². The van der Waals surface area contributed by atoms with Gasteiger partial charge in [-0.2, -0.15) is 0 Å². The van der Waals surface area contributed by atoms with Crippen LogP contribution in [0, 0.1) is 0 Å². The molecule has 3 N–H and O–H groups in total. The second-order valence-electron chi connectivity index (χ2n) is 2.88. The van der Waals surface area contributed by atoms with Crippen LogP contribution >= 0.6 is 0 Å². The predicted molar refractivity (Wildman–Crippen MR) is 51.3 cm³/mol. The van der Waals surface area contributed by atoms with Crippen molar-refractivity contribution in [1.29, 1.82) is 0 Å². The second kappa shape index (κ2) is 3.03. The smallest absolute Gasteiger partial charge is 0.117 e. The summed E-state index contributed by atoms with van der Waals surface area (Å²) in [4.78, 5) is 4.27. The lowest BCUT2D eigenvalue weighted by atomic mass is 10.2. The van der Waals surface area contributed by atoms with Crippen LogP contribution in [0.2, 0.25) is 0 Å². The average molecular weight is 174 g/mol. The molecule has 1 aromatic carbocycles. The maximum Gasteiger partial charge on any atom is 0.117 e. The molecule has 1 aromatic heterocycles. The van der Waals surface area contributed by atoms with Gasteiger partial charge in [0.1, 0.15) is 5.75 Å². The summed E-state index contributed by atoms with van der Waals surface area (Å²) in [5, 5.41) is 10.2. The number of aromatic hydroxyl groups is 1. The Hall–Kier alpha value is -1.61. The number of rotatable bonds is 1. The zero-order valence-electron chi connectivity index (χ0n) is 7.07. The molecule has 0 amide bonds. The first-order valence-corrected chi connectivity index (χ1v) is 4.08. The highest BCUT2D eigenvalue weighted by Crippen LogP contribution is 2.18. The number of benzene rings is 1. The second-order valence-corrected chi connectivity index (χ2v) is 2.88. The van der Waals surface area contributed by atoms with Gasteiger partial charge in [0.2, 0.25) is 0 Å². The van der Waals surface area contributed by atoms with Crippen LogP contribution in [0.15, 0.2) is 30.3 Å². The van der Waals surface area contributed by atoms with Crippen LogP contribution in [0.4, 0.5) is 0 Å². The fourth-order valence-electron chi connectivity index (χ4n) is 1.26. The number of nitrogens with zero attached hydrogens (tertiary/aromatic N) is 1. The standard InChI is InChI=1S/C10H10N2O/c11-6-8-3-1-7-2-4-9(13)5-10(7)12-8/h1-5,13H,6,11H2. The van der Waals surface area contributed by atoms with Gasteiger partial charge < -0.3 is 10.8 Å². The molecule has 1 heterocycles. The predicted octanol–water partition coefficient (Wildman–Crippen LogP) is 1.40. The van der Waals surface area contributed by atoms with Crippen molar-refractivity contribution in [2.75, 3.05) is 0 Å². The first-order valence-electron chi connectivity index (χ1n) is 4.08. The van der Waals surface area contributed by atoms with Crippen LogP contribution in [0.5, 0.6) is 5.75 Å². The lowest BCUT2D eigenvalue weighted by Crippen LogP contribution is -1.98. The molecule has 0 saturated carbocycles. The molecular weight excluding hydrogens is 164 g/mol. The van der Waals surface area contributed by atoms with Crippen molar-refractivity contribution in [2.24, 2.45) is 5.73 Å². The summed E-state index contributed by atoms with van der Waals surface area (Å²) in [7, 11) is 0. The van der Waals surface area contributed by atoms with Gasteiger partial charge in [0.25, 0.3) is 0 Å². The summed E-state index contributed by atoms with van der Waals surface area (Å²) >= 11 is 0. The molecule has 13 heavy (non-hydrogen) atoms.